The molecule has 0 fully saturated rings. The molecule has 62 valence electrons. The molecule has 1 aromatic heterocycles. The number of hydrogen-bond acceptors (Lipinski definition) is 1. The van der Waals surface area contributed by atoms with Crippen molar-refractivity contribution in [2.75, 3.05) is 0 Å². The lowest BCUT2D eigenvalue weighted by Gasteiger charge is -1.97. The fraction of sp³-hybridized carbons (Fsp3) is 0.286. The summed E-state index contributed by atoms with van der Waals surface area (Å²) in [6.07, 6.45) is 0. The molecule has 0 N–H and O–H groups in total. The van der Waals surface area contributed by atoms with Gasteiger partial charge in [-0.15, -0.1) is 24.0 Å². The number of pyridine rings is 1. The van der Waals surface area contributed by atoms with Crippen LogP contribution in [-0.2, 0) is 5.88 Å². The lowest BCUT2D eigenvalue weighted by molar-refractivity contribution is 0.606. The Morgan fingerprint density at radius 2 is 2.18 bits per heavy atom. The van der Waals surface area contributed by atoms with Crippen molar-refractivity contribution in [1.29, 1.82) is 0 Å². The highest BCUT2D eigenvalue weighted by Gasteiger charge is 2.00. The van der Waals surface area contributed by atoms with E-state index < -0.39 is 0 Å². The van der Waals surface area contributed by atoms with Crippen molar-refractivity contribution in [1.82, 2.24) is 4.98 Å². The third-order valence-electron chi connectivity index (χ3n) is 1.18. The van der Waals surface area contributed by atoms with Gasteiger partial charge in [0.25, 0.3) is 0 Å². The molecule has 1 rings (SSSR count). The fourth-order valence-electron chi connectivity index (χ4n) is 0.687. The first-order chi connectivity index (χ1) is 4.74. The minimum atomic E-state index is -0.333. The van der Waals surface area contributed by atoms with E-state index in [2.05, 4.69) is 4.98 Å². The van der Waals surface area contributed by atoms with Crippen LogP contribution in [0.1, 0.15) is 11.4 Å². The number of aromatic nitrogens is 1. The molecule has 1 nitrogen and oxygen atoms in total. The minimum absolute atomic E-state index is 0. The van der Waals surface area contributed by atoms with Crippen LogP contribution in [0.4, 0.5) is 4.39 Å². The van der Waals surface area contributed by atoms with E-state index in [1.165, 1.54) is 6.07 Å². The SMILES string of the molecule is Cc1ccc(F)c(CCl)n1.Cl. The Labute approximate surface area is 76.0 Å². The van der Waals surface area contributed by atoms with Crippen LogP contribution >= 0.6 is 24.0 Å². The van der Waals surface area contributed by atoms with Gasteiger partial charge in [-0.05, 0) is 19.1 Å². The molecule has 0 aromatic carbocycles. The van der Waals surface area contributed by atoms with Gasteiger partial charge in [-0.25, -0.2) is 4.39 Å². The van der Waals surface area contributed by atoms with Crippen LogP contribution in [0.3, 0.4) is 0 Å². The van der Waals surface area contributed by atoms with Gasteiger partial charge in [-0.1, -0.05) is 0 Å². The van der Waals surface area contributed by atoms with E-state index in [-0.39, 0.29) is 24.1 Å². The van der Waals surface area contributed by atoms with Crippen molar-refractivity contribution >= 4 is 24.0 Å². The zero-order valence-corrected chi connectivity index (χ0v) is 7.55. The van der Waals surface area contributed by atoms with E-state index in [1.54, 1.807) is 13.0 Å². The lowest BCUT2D eigenvalue weighted by atomic mass is 10.3. The first kappa shape index (κ1) is 10.7. The molecule has 1 aromatic rings. The van der Waals surface area contributed by atoms with Gasteiger partial charge >= 0.3 is 0 Å². The summed E-state index contributed by atoms with van der Waals surface area (Å²) in [7, 11) is 0. The van der Waals surface area contributed by atoms with Crippen LogP contribution in [0.5, 0.6) is 0 Å². The maximum absolute atomic E-state index is 12.6. The Morgan fingerprint density at radius 3 is 2.64 bits per heavy atom. The molecule has 4 heteroatoms. The second kappa shape index (κ2) is 4.52. The van der Waals surface area contributed by atoms with Crippen molar-refractivity contribution in [3.05, 3.63) is 29.3 Å². The zero-order chi connectivity index (χ0) is 7.56. The van der Waals surface area contributed by atoms with Gasteiger partial charge in [0.15, 0.2) is 0 Å². The second-order valence-electron chi connectivity index (χ2n) is 2.01. The first-order valence-electron chi connectivity index (χ1n) is 2.92. The third kappa shape index (κ3) is 2.64. The average molecular weight is 196 g/mol. The number of halogens is 3. The molecule has 11 heavy (non-hydrogen) atoms. The molecule has 0 spiro atoms. The summed E-state index contributed by atoms with van der Waals surface area (Å²) >= 11 is 5.40. The van der Waals surface area contributed by atoms with E-state index in [4.69, 9.17) is 11.6 Å². The maximum atomic E-state index is 12.6. The highest BCUT2D eigenvalue weighted by atomic mass is 35.5. The number of nitrogens with zero attached hydrogens (tertiary/aromatic N) is 1. The molecule has 0 aliphatic rings. The van der Waals surface area contributed by atoms with E-state index >= 15 is 0 Å². The first-order valence-corrected chi connectivity index (χ1v) is 3.45. The normalized spacial score (nSPS) is 9.00. The Balaban J connectivity index is 0.000001000. The lowest BCUT2D eigenvalue weighted by Crippen LogP contribution is -1.92. The number of hydrogen-bond donors (Lipinski definition) is 0. The van der Waals surface area contributed by atoms with Crippen LogP contribution < -0.4 is 0 Å². The van der Waals surface area contributed by atoms with Crippen molar-refractivity contribution < 1.29 is 4.39 Å². The Bertz CT molecular complexity index is 240. The predicted octanol–water partition coefficient (Wildman–Crippen LogP) is 2.69. The molecule has 0 radical (unpaired) electrons. The predicted molar refractivity (Wildman–Crippen MR) is 45.7 cm³/mol. The Morgan fingerprint density at radius 1 is 1.55 bits per heavy atom. The van der Waals surface area contributed by atoms with Crippen LogP contribution in [0.25, 0.3) is 0 Å². The molecule has 0 bridgehead atoms. The van der Waals surface area contributed by atoms with Crippen LogP contribution in [0.2, 0.25) is 0 Å². The molecule has 0 aliphatic carbocycles. The van der Waals surface area contributed by atoms with Crippen molar-refractivity contribution in [3.63, 3.8) is 0 Å². The highest BCUT2D eigenvalue weighted by molar-refractivity contribution is 6.16. The topological polar surface area (TPSA) is 12.9 Å². The van der Waals surface area contributed by atoms with Gasteiger partial charge in [0.1, 0.15) is 5.82 Å². The van der Waals surface area contributed by atoms with Crippen molar-refractivity contribution in [2.45, 2.75) is 12.8 Å². The summed E-state index contributed by atoms with van der Waals surface area (Å²) in [5, 5.41) is 0. The van der Waals surface area contributed by atoms with Crippen molar-refractivity contribution in [2.24, 2.45) is 0 Å². The molecular weight excluding hydrogens is 188 g/mol. The number of aryl methyl sites for hydroxylation is 1. The van der Waals surface area contributed by atoms with E-state index in [1.807, 2.05) is 0 Å². The standard InChI is InChI=1S/C7H7ClFN.ClH/c1-5-2-3-6(9)7(4-8)10-5;/h2-3H,4H2,1H3;1H. The van der Waals surface area contributed by atoms with Crippen molar-refractivity contribution in [3.8, 4) is 0 Å². The summed E-state index contributed by atoms with van der Waals surface area (Å²) < 4.78 is 12.6. The van der Waals surface area contributed by atoms with Crippen LogP contribution in [-0.4, -0.2) is 4.98 Å². The molecule has 0 atom stereocenters. The van der Waals surface area contributed by atoms with Gasteiger partial charge in [0.05, 0.1) is 11.6 Å². The van der Waals surface area contributed by atoms with Gasteiger partial charge < -0.3 is 0 Å². The summed E-state index contributed by atoms with van der Waals surface area (Å²) in [5.41, 5.74) is 1.11. The van der Waals surface area contributed by atoms with Gasteiger partial charge in [0.2, 0.25) is 0 Å². The summed E-state index contributed by atoms with van der Waals surface area (Å²) in [6.45, 7) is 1.80. The van der Waals surface area contributed by atoms with Gasteiger partial charge in [0, 0.05) is 5.69 Å². The molecule has 0 aliphatic heterocycles. The molecule has 0 unspecified atom stereocenters. The molecule has 0 saturated carbocycles. The number of alkyl halides is 1. The van der Waals surface area contributed by atoms with Gasteiger partial charge in [-0.2, -0.15) is 0 Å². The van der Waals surface area contributed by atoms with E-state index in [0.29, 0.717) is 5.69 Å². The monoisotopic (exact) mass is 195 g/mol. The average Bonchev–Trinajstić information content (AvgIpc) is 1.94. The second-order valence-corrected chi connectivity index (χ2v) is 2.28. The Kier molecular flexibility index (Phi) is 4.38. The summed E-state index contributed by atoms with van der Waals surface area (Å²) in [6, 6.07) is 2.99. The highest BCUT2D eigenvalue weighted by Crippen LogP contribution is 2.07. The smallest absolute Gasteiger partial charge is 0.145 e. The quantitative estimate of drug-likeness (QED) is 0.629. The van der Waals surface area contributed by atoms with E-state index in [0.717, 1.165) is 5.69 Å². The largest absolute Gasteiger partial charge is 0.254 e. The Hall–Kier alpha value is -0.340. The molecule has 1 heterocycles. The molecule has 0 saturated heterocycles. The van der Waals surface area contributed by atoms with Crippen LogP contribution in [0.15, 0.2) is 12.1 Å². The van der Waals surface area contributed by atoms with E-state index in [9.17, 15) is 4.39 Å². The fourth-order valence-corrected chi connectivity index (χ4v) is 0.875. The minimum Gasteiger partial charge on any atom is -0.254 e. The third-order valence-corrected chi connectivity index (χ3v) is 1.44. The van der Waals surface area contributed by atoms with Gasteiger partial charge in [-0.3, -0.25) is 4.98 Å². The van der Waals surface area contributed by atoms with Crippen LogP contribution in [0, 0.1) is 12.7 Å². The number of rotatable bonds is 1. The molecular formula is C7H8Cl2FN. The maximum Gasteiger partial charge on any atom is 0.145 e. The summed E-state index contributed by atoms with van der Waals surface area (Å²) in [5.74, 6) is -0.200. The zero-order valence-electron chi connectivity index (χ0n) is 5.97. The summed E-state index contributed by atoms with van der Waals surface area (Å²) in [4.78, 5) is 3.88. The molecule has 0 amide bonds.